The Kier molecular flexibility index (Phi) is 4.41. The SMILES string of the molecule is S=c1[nH]ncn1/N=C\c1cccc(OCc2ccccc2)c1. The second kappa shape index (κ2) is 6.82. The number of aromatic nitrogens is 3. The van der Waals surface area contributed by atoms with Gasteiger partial charge in [-0.1, -0.05) is 42.5 Å². The Morgan fingerprint density at radius 3 is 2.82 bits per heavy atom. The molecule has 0 aliphatic rings. The van der Waals surface area contributed by atoms with E-state index in [4.69, 9.17) is 17.0 Å². The molecule has 0 amide bonds. The lowest BCUT2D eigenvalue weighted by atomic mass is 10.2. The number of hydrogen-bond acceptors (Lipinski definition) is 4. The maximum absolute atomic E-state index is 5.79. The highest BCUT2D eigenvalue weighted by atomic mass is 32.1. The second-order valence-corrected chi connectivity index (χ2v) is 4.98. The van der Waals surface area contributed by atoms with Crippen molar-refractivity contribution in [2.24, 2.45) is 5.10 Å². The lowest BCUT2D eigenvalue weighted by molar-refractivity contribution is 0.306. The first-order valence-corrected chi connectivity index (χ1v) is 7.15. The summed E-state index contributed by atoms with van der Waals surface area (Å²) < 4.78 is 7.73. The van der Waals surface area contributed by atoms with Crippen LogP contribution in [0.2, 0.25) is 0 Å². The van der Waals surface area contributed by atoms with Crippen LogP contribution in [0.5, 0.6) is 5.75 Å². The number of ether oxygens (including phenoxy) is 1. The largest absolute Gasteiger partial charge is 0.489 e. The summed E-state index contributed by atoms with van der Waals surface area (Å²) in [6.45, 7) is 0.536. The number of hydrogen-bond donors (Lipinski definition) is 1. The molecule has 1 aromatic heterocycles. The van der Waals surface area contributed by atoms with E-state index in [1.165, 1.54) is 11.0 Å². The van der Waals surface area contributed by atoms with Crippen molar-refractivity contribution in [3.63, 3.8) is 0 Å². The number of nitrogens with zero attached hydrogens (tertiary/aromatic N) is 3. The molecular formula is C16H14N4OS. The van der Waals surface area contributed by atoms with Gasteiger partial charge in [-0.2, -0.15) is 14.9 Å². The van der Waals surface area contributed by atoms with Crippen molar-refractivity contribution in [1.29, 1.82) is 0 Å². The third-order valence-electron chi connectivity index (χ3n) is 2.97. The average Bonchev–Trinajstić information content (AvgIpc) is 2.98. The van der Waals surface area contributed by atoms with Crippen molar-refractivity contribution >= 4 is 18.4 Å². The maximum Gasteiger partial charge on any atom is 0.216 e. The molecule has 6 heteroatoms. The predicted molar refractivity (Wildman–Crippen MR) is 87.6 cm³/mol. The Labute approximate surface area is 132 Å². The smallest absolute Gasteiger partial charge is 0.216 e. The van der Waals surface area contributed by atoms with Gasteiger partial charge in [-0.15, -0.1) is 0 Å². The Balaban J connectivity index is 1.69. The highest BCUT2D eigenvalue weighted by Gasteiger charge is 1.97. The van der Waals surface area contributed by atoms with Crippen LogP contribution in [-0.4, -0.2) is 21.1 Å². The molecule has 5 nitrogen and oxygen atoms in total. The normalized spacial score (nSPS) is 10.9. The zero-order valence-electron chi connectivity index (χ0n) is 11.7. The quantitative estimate of drug-likeness (QED) is 0.580. The average molecular weight is 310 g/mol. The fourth-order valence-corrected chi connectivity index (χ4v) is 2.03. The zero-order chi connectivity index (χ0) is 15.2. The molecule has 0 spiro atoms. The van der Waals surface area contributed by atoms with Crippen LogP contribution in [0.25, 0.3) is 0 Å². The summed E-state index contributed by atoms with van der Waals surface area (Å²) in [6, 6.07) is 17.8. The van der Waals surface area contributed by atoms with Gasteiger partial charge in [-0.05, 0) is 35.5 Å². The summed E-state index contributed by atoms with van der Waals surface area (Å²) in [5.41, 5.74) is 2.06. The van der Waals surface area contributed by atoms with Crippen LogP contribution in [0, 0.1) is 4.77 Å². The van der Waals surface area contributed by atoms with Gasteiger partial charge >= 0.3 is 0 Å². The molecule has 0 saturated heterocycles. The van der Waals surface area contributed by atoms with Gasteiger partial charge in [-0.3, -0.25) is 5.10 Å². The number of benzene rings is 2. The van der Waals surface area contributed by atoms with E-state index >= 15 is 0 Å². The highest BCUT2D eigenvalue weighted by molar-refractivity contribution is 7.71. The lowest BCUT2D eigenvalue weighted by Crippen LogP contribution is -1.96. The first-order chi connectivity index (χ1) is 10.8. The molecule has 0 unspecified atom stereocenters. The van der Waals surface area contributed by atoms with Gasteiger partial charge in [0.1, 0.15) is 18.7 Å². The van der Waals surface area contributed by atoms with Gasteiger partial charge in [0.25, 0.3) is 0 Å². The molecule has 0 atom stereocenters. The fourth-order valence-electron chi connectivity index (χ4n) is 1.88. The number of aromatic amines is 1. The molecule has 22 heavy (non-hydrogen) atoms. The minimum absolute atomic E-state index is 0.452. The Hall–Kier alpha value is -2.73. The van der Waals surface area contributed by atoms with Crippen LogP contribution in [0.15, 0.2) is 66.0 Å². The molecule has 0 aliphatic carbocycles. The molecule has 0 saturated carbocycles. The maximum atomic E-state index is 5.79. The molecule has 2 aromatic carbocycles. The van der Waals surface area contributed by atoms with Crippen molar-refractivity contribution in [2.45, 2.75) is 6.61 Å². The summed E-state index contributed by atoms with van der Waals surface area (Å²) in [4.78, 5) is 0. The van der Waals surface area contributed by atoms with Crippen molar-refractivity contribution in [3.05, 3.63) is 76.8 Å². The van der Waals surface area contributed by atoms with Crippen LogP contribution in [-0.2, 0) is 6.61 Å². The van der Waals surface area contributed by atoms with Crippen molar-refractivity contribution < 1.29 is 4.74 Å². The standard InChI is InChI=1S/C16H14N4OS/c22-16-19-17-12-20(16)18-10-14-7-4-8-15(9-14)21-11-13-5-2-1-3-6-13/h1-10,12H,11H2,(H,19,22)/b18-10-. The minimum atomic E-state index is 0.452. The molecule has 0 bridgehead atoms. The second-order valence-electron chi connectivity index (χ2n) is 4.60. The Bertz CT molecular complexity index is 823. The third kappa shape index (κ3) is 3.67. The fraction of sp³-hybridized carbons (Fsp3) is 0.0625. The molecule has 1 N–H and O–H groups in total. The van der Waals surface area contributed by atoms with E-state index in [-0.39, 0.29) is 0 Å². The first kappa shape index (κ1) is 14.2. The summed E-state index contributed by atoms with van der Waals surface area (Å²) in [7, 11) is 0. The van der Waals surface area contributed by atoms with Gasteiger partial charge in [-0.25, -0.2) is 0 Å². The van der Waals surface area contributed by atoms with Crippen LogP contribution >= 0.6 is 12.2 Å². The third-order valence-corrected chi connectivity index (χ3v) is 3.25. The highest BCUT2D eigenvalue weighted by Crippen LogP contribution is 2.14. The van der Waals surface area contributed by atoms with Crippen LogP contribution < -0.4 is 4.74 Å². The summed E-state index contributed by atoms with van der Waals surface area (Å²) in [5, 5.41) is 10.7. The lowest BCUT2D eigenvalue weighted by Gasteiger charge is -2.06. The minimum Gasteiger partial charge on any atom is -0.489 e. The number of H-pyrrole nitrogens is 1. The predicted octanol–water partition coefficient (Wildman–Crippen LogP) is 3.40. The summed E-state index contributed by atoms with van der Waals surface area (Å²) >= 11 is 5.03. The van der Waals surface area contributed by atoms with Crippen LogP contribution in [0.3, 0.4) is 0 Å². The molecule has 3 rings (SSSR count). The van der Waals surface area contributed by atoms with Crippen molar-refractivity contribution in [1.82, 2.24) is 14.9 Å². The van der Waals surface area contributed by atoms with Gasteiger partial charge in [0.05, 0.1) is 6.21 Å². The topological polar surface area (TPSA) is 55.2 Å². The number of nitrogens with one attached hydrogen (secondary N) is 1. The van der Waals surface area contributed by atoms with E-state index in [9.17, 15) is 0 Å². The molecule has 0 fully saturated rings. The Morgan fingerprint density at radius 1 is 1.18 bits per heavy atom. The van der Waals surface area contributed by atoms with Crippen LogP contribution in [0.4, 0.5) is 0 Å². The monoisotopic (exact) mass is 310 g/mol. The molecule has 0 aliphatic heterocycles. The Morgan fingerprint density at radius 2 is 2.05 bits per heavy atom. The zero-order valence-corrected chi connectivity index (χ0v) is 12.5. The van der Waals surface area contributed by atoms with E-state index in [0.717, 1.165) is 16.9 Å². The van der Waals surface area contributed by atoms with Crippen LogP contribution in [0.1, 0.15) is 11.1 Å². The van der Waals surface area contributed by atoms with Gasteiger partial charge < -0.3 is 4.74 Å². The molecule has 3 aromatic rings. The van der Waals surface area contributed by atoms with E-state index in [0.29, 0.717) is 11.4 Å². The van der Waals surface area contributed by atoms with Gasteiger partial charge in [0.2, 0.25) is 4.77 Å². The van der Waals surface area contributed by atoms with Gasteiger partial charge in [0, 0.05) is 0 Å². The molecule has 0 radical (unpaired) electrons. The summed E-state index contributed by atoms with van der Waals surface area (Å²) in [5.74, 6) is 0.795. The summed E-state index contributed by atoms with van der Waals surface area (Å²) in [6.07, 6.45) is 3.23. The molecular weight excluding hydrogens is 296 g/mol. The van der Waals surface area contributed by atoms with Gasteiger partial charge in [0.15, 0.2) is 0 Å². The van der Waals surface area contributed by atoms with E-state index in [1.807, 2.05) is 54.6 Å². The molecule has 110 valence electrons. The van der Waals surface area contributed by atoms with E-state index in [2.05, 4.69) is 15.3 Å². The molecule has 1 heterocycles. The van der Waals surface area contributed by atoms with E-state index < -0.39 is 0 Å². The first-order valence-electron chi connectivity index (χ1n) is 6.74. The van der Waals surface area contributed by atoms with E-state index in [1.54, 1.807) is 6.21 Å². The number of rotatable bonds is 5. The van der Waals surface area contributed by atoms with Crippen molar-refractivity contribution in [3.8, 4) is 5.75 Å². The van der Waals surface area contributed by atoms with Crippen molar-refractivity contribution in [2.75, 3.05) is 0 Å².